The van der Waals surface area contributed by atoms with Crippen molar-refractivity contribution in [2.24, 2.45) is 5.73 Å². The lowest BCUT2D eigenvalue weighted by atomic mass is 9.91. The van der Waals surface area contributed by atoms with Gasteiger partial charge in [-0.2, -0.15) is 0 Å². The number of carbonyl (C=O) groups is 1. The number of rotatable bonds is 6. The van der Waals surface area contributed by atoms with Crippen molar-refractivity contribution in [3.63, 3.8) is 0 Å². The van der Waals surface area contributed by atoms with Crippen LogP contribution in [-0.4, -0.2) is 32.2 Å². The summed E-state index contributed by atoms with van der Waals surface area (Å²) in [5.74, 6) is 1.65. The topological polar surface area (TPSA) is 73.6 Å². The van der Waals surface area contributed by atoms with Gasteiger partial charge in [-0.15, -0.1) is 0 Å². The summed E-state index contributed by atoms with van der Waals surface area (Å²) >= 11 is 0. The van der Waals surface area contributed by atoms with Crippen molar-refractivity contribution in [3.8, 4) is 11.5 Å². The number of benzene rings is 1. The molecule has 22 heavy (non-hydrogen) atoms. The van der Waals surface area contributed by atoms with Gasteiger partial charge in [0.2, 0.25) is 5.91 Å². The number of amides is 1. The number of ether oxygens (including phenoxy) is 2. The van der Waals surface area contributed by atoms with Crippen LogP contribution in [0.1, 0.15) is 37.7 Å². The average molecular weight is 306 g/mol. The Balaban J connectivity index is 1.85. The first kappa shape index (κ1) is 16.6. The third kappa shape index (κ3) is 4.63. The van der Waals surface area contributed by atoms with Crippen LogP contribution in [0.3, 0.4) is 0 Å². The van der Waals surface area contributed by atoms with E-state index in [1.54, 1.807) is 14.2 Å². The number of methoxy groups -OCH3 is 2. The van der Waals surface area contributed by atoms with Crippen molar-refractivity contribution < 1.29 is 14.3 Å². The molecule has 0 spiro atoms. The minimum absolute atomic E-state index is 0.0883. The Hall–Kier alpha value is -1.75. The number of nitrogens with two attached hydrogens (primary N) is 1. The van der Waals surface area contributed by atoms with Gasteiger partial charge in [-0.25, -0.2) is 0 Å². The second-order valence-electron chi connectivity index (χ2n) is 5.86. The van der Waals surface area contributed by atoms with E-state index in [1.807, 2.05) is 18.2 Å². The third-order valence-corrected chi connectivity index (χ3v) is 4.25. The lowest BCUT2D eigenvalue weighted by molar-refractivity contribution is -0.122. The first-order valence-electron chi connectivity index (χ1n) is 7.88. The molecule has 0 aliphatic heterocycles. The van der Waals surface area contributed by atoms with Crippen molar-refractivity contribution in [2.75, 3.05) is 14.2 Å². The molecule has 1 aliphatic carbocycles. The van der Waals surface area contributed by atoms with Crippen molar-refractivity contribution in [3.05, 3.63) is 23.8 Å². The van der Waals surface area contributed by atoms with Gasteiger partial charge in [0.25, 0.3) is 0 Å². The van der Waals surface area contributed by atoms with E-state index in [9.17, 15) is 4.79 Å². The number of carbonyl (C=O) groups excluding carboxylic acids is 1. The predicted octanol–water partition coefficient (Wildman–Crippen LogP) is 2.02. The van der Waals surface area contributed by atoms with E-state index in [1.165, 1.54) is 0 Å². The Bertz CT molecular complexity index is 497. The zero-order chi connectivity index (χ0) is 15.9. The standard InChI is InChI=1S/C17H26N2O3/c1-21-15-8-9-16(22-2)12(11-15)3-10-17(20)19-14-6-4-13(18)5-7-14/h8-9,11,13-14H,3-7,10,18H2,1-2H3,(H,19,20). The molecule has 0 bridgehead atoms. The molecule has 0 heterocycles. The molecule has 1 amide bonds. The van der Waals surface area contributed by atoms with Gasteiger partial charge in [0, 0.05) is 18.5 Å². The van der Waals surface area contributed by atoms with Gasteiger partial charge in [-0.1, -0.05) is 0 Å². The largest absolute Gasteiger partial charge is 0.497 e. The minimum Gasteiger partial charge on any atom is -0.497 e. The van der Waals surface area contributed by atoms with E-state index in [2.05, 4.69) is 5.32 Å². The predicted molar refractivity (Wildman–Crippen MR) is 86.2 cm³/mol. The molecule has 122 valence electrons. The maximum atomic E-state index is 12.1. The Morgan fingerprint density at radius 2 is 1.95 bits per heavy atom. The fraction of sp³-hybridized carbons (Fsp3) is 0.588. The monoisotopic (exact) mass is 306 g/mol. The van der Waals surface area contributed by atoms with Crippen LogP contribution >= 0.6 is 0 Å². The summed E-state index contributed by atoms with van der Waals surface area (Å²) in [6.45, 7) is 0. The highest BCUT2D eigenvalue weighted by Crippen LogP contribution is 2.25. The highest BCUT2D eigenvalue weighted by Gasteiger charge is 2.20. The second-order valence-corrected chi connectivity index (χ2v) is 5.86. The summed E-state index contributed by atoms with van der Waals surface area (Å²) in [5.41, 5.74) is 6.87. The lowest BCUT2D eigenvalue weighted by Gasteiger charge is -2.26. The molecule has 5 heteroatoms. The molecule has 5 nitrogen and oxygen atoms in total. The van der Waals surface area contributed by atoms with E-state index in [0.29, 0.717) is 18.9 Å². The number of nitrogens with one attached hydrogen (secondary N) is 1. The van der Waals surface area contributed by atoms with Crippen molar-refractivity contribution in [1.29, 1.82) is 0 Å². The van der Waals surface area contributed by atoms with Crippen LogP contribution in [0.5, 0.6) is 11.5 Å². The Morgan fingerprint density at radius 1 is 1.23 bits per heavy atom. The molecule has 1 fully saturated rings. The number of hydrogen-bond donors (Lipinski definition) is 2. The summed E-state index contributed by atoms with van der Waals surface area (Å²) in [7, 11) is 3.27. The Labute approximate surface area is 132 Å². The van der Waals surface area contributed by atoms with Gasteiger partial charge in [0.05, 0.1) is 14.2 Å². The minimum atomic E-state index is 0.0883. The molecule has 0 aromatic heterocycles. The Morgan fingerprint density at radius 3 is 2.59 bits per heavy atom. The molecule has 0 radical (unpaired) electrons. The van der Waals surface area contributed by atoms with Gasteiger partial charge in [0.1, 0.15) is 11.5 Å². The van der Waals surface area contributed by atoms with Gasteiger partial charge in [-0.05, 0) is 55.9 Å². The normalized spacial score (nSPS) is 21.2. The quantitative estimate of drug-likeness (QED) is 0.843. The van der Waals surface area contributed by atoms with Crippen molar-refractivity contribution >= 4 is 5.91 Å². The smallest absolute Gasteiger partial charge is 0.220 e. The molecule has 1 saturated carbocycles. The third-order valence-electron chi connectivity index (χ3n) is 4.25. The van der Waals surface area contributed by atoms with Crippen molar-refractivity contribution in [2.45, 2.75) is 50.6 Å². The van der Waals surface area contributed by atoms with E-state index in [-0.39, 0.29) is 11.9 Å². The van der Waals surface area contributed by atoms with Crippen LogP contribution in [0.2, 0.25) is 0 Å². The summed E-state index contributed by atoms with van der Waals surface area (Å²) in [6, 6.07) is 6.22. The summed E-state index contributed by atoms with van der Waals surface area (Å²) < 4.78 is 10.6. The van der Waals surface area contributed by atoms with Crippen LogP contribution in [0.4, 0.5) is 0 Å². The van der Waals surface area contributed by atoms with Gasteiger partial charge < -0.3 is 20.5 Å². The first-order valence-corrected chi connectivity index (χ1v) is 7.88. The lowest BCUT2D eigenvalue weighted by Crippen LogP contribution is -2.40. The maximum absolute atomic E-state index is 12.1. The summed E-state index contributed by atoms with van der Waals surface area (Å²) in [5, 5.41) is 3.11. The van der Waals surface area contributed by atoms with Crippen LogP contribution in [0.25, 0.3) is 0 Å². The van der Waals surface area contributed by atoms with Gasteiger partial charge in [0.15, 0.2) is 0 Å². The van der Waals surface area contributed by atoms with Gasteiger partial charge in [-0.3, -0.25) is 4.79 Å². The fourth-order valence-electron chi connectivity index (χ4n) is 2.89. The highest BCUT2D eigenvalue weighted by atomic mass is 16.5. The van der Waals surface area contributed by atoms with Crippen LogP contribution in [0.15, 0.2) is 18.2 Å². The van der Waals surface area contributed by atoms with E-state index in [0.717, 1.165) is 42.7 Å². The molecule has 0 atom stereocenters. The van der Waals surface area contributed by atoms with Gasteiger partial charge >= 0.3 is 0 Å². The zero-order valence-electron chi connectivity index (χ0n) is 13.4. The molecule has 0 saturated heterocycles. The molecule has 1 aliphatic rings. The number of aryl methyl sites for hydroxylation is 1. The van der Waals surface area contributed by atoms with Crippen LogP contribution < -0.4 is 20.5 Å². The molecular formula is C17H26N2O3. The highest BCUT2D eigenvalue weighted by molar-refractivity contribution is 5.76. The molecular weight excluding hydrogens is 280 g/mol. The van der Waals surface area contributed by atoms with Crippen molar-refractivity contribution in [1.82, 2.24) is 5.32 Å². The molecule has 0 unspecified atom stereocenters. The summed E-state index contributed by atoms with van der Waals surface area (Å²) in [4.78, 5) is 12.1. The fourth-order valence-corrected chi connectivity index (χ4v) is 2.89. The average Bonchev–Trinajstić information content (AvgIpc) is 2.54. The molecule has 1 aromatic rings. The van der Waals surface area contributed by atoms with E-state index >= 15 is 0 Å². The van der Waals surface area contributed by atoms with E-state index in [4.69, 9.17) is 15.2 Å². The molecule has 1 aromatic carbocycles. The number of hydrogen-bond acceptors (Lipinski definition) is 4. The Kier molecular flexibility index (Phi) is 6.07. The van der Waals surface area contributed by atoms with Crippen LogP contribution in [-0.2, 0) is 11.2 Å². The summed E-state index contributed by atoms with van der Waals surface area (Å²) in [6.07, 6.45) is 5.04. The second kappa shape index (κ2) is 8.03. The zero-order valence-corrected chi connectivity index (χ0v) is 13.4. The SMILES string of the molecule is COc1ccc(OC)c(CCC(=O)NC2CCC(N)CC2)c1. The first-order chi connectivity index (χ1) is 10.6. The maximum Gasteiger partial charge on any atom is 0.220 e. The molecule has 3 N–H and O–H groups in total. The van der Waals surface area contributed by atoms with E-state index < -0.39 is 0 Å². The molecule has 2 rings (SSSR count). The van der Waals surface area contributed by atoms with Crippen LogP contribution in [0, 0.1) is 0 Å².